The second-order valence-corrected chi connectivity index (χ2v) is 3.44. The summed E-state index contributed by atoms with van der Waals surface area (Å²) in [5.41, 5.74) is -0.257. The van der Waals surface area contributed by atoms with Gasteiger partial charge >= 0.3 is 11.9 Å². The van der Waals surface area contributed by atoms with Crippen LogP contribution in [-0.4, -0.2) is 34.1 Å². The summed E-state index contributed by atoms with van der Waals surface area (Å²) in [6, 6.07) is 4.10. The van der Waals surface area contributed by atoms with Crippen LogP contribution in [0.2, 0.25) is 0 Å². The predicted octanol–water partition coefficient (Wildman–Crippen LogP) is 0.408. The third-order valence-electron chi connectivity index (χ3n) is 2.33. The number of fused-ring (bicyclic) bond motifs is 1. The van der Waals surface area contributed by atoms with Crippen LogP contribution in [0, 0.1) is 0 Å². The molecule has 7 heteroatoms. The first-order valence-electron chi connectivity index (χ1n) is 4.88. The predicted molar refractivity (Wildman–Crippen MR) is 60.7 cm³/mol. The van der Waals surface area contributed by atoms with Gasteiger partial charge in [0.15, 0.2) is 0 Å². The number of aromatic carboxylic acids is 1. The molecule has 18 heavy (non-hydrogen) atoms. The van der Waals surface area contributed by atoms with E-state index in [1.807, 2.05) is 0 Å². The summed E-state index contributed by atoms with van der Waals surface area (Å²) in [6.07, 6.45) is 0. The number of hydrogen-bond acceptors (Lipinski definition) is 5. The lowest BCUT2D eigenvalue weighted by atomic mass is 10.1. The molecule has 0 radical (unpaired) electrons. The molecular formula is C11H8N2O5. The summed E-state index contributed by atoms with van der Waals surface area (Å²) in [5.74, 6) is -2.41. The van der Waals surface area contributed by atoms with Gasteiger partial charge < -0.3 is 14.8 Å². The van der Waals surface area contributed by atoms with E-state index in [4.69, 9.17) is 5.11 Å². The number of aromatic amines is 1. The first-order chi connectivity index (χ1) is 8.52. The summed E-state index contributed by atoms with van der Waals surface area (Å²) in [6.45, 7) is 0. The van der Waals surface area contributed by atoms with E-state index in [1.54, 1.807) is 0 Å². The number of carboxylic acids is 1. The van der Waals surface area contributed by atoms with E-state index in [1.165, 1.54) is 25.3 Å². The third-order valence-corrected chi connectivity index (χ3v) is 2.33. The number of esters is 1. The molecule has 92 valence electrons. The first kappa shape index (κ1) is 11.8. The Morgan fingerprint density at radius 3 is 2.72 bits per heavy atom. The Morgan fingerprint density at radius 1 is 1.39 bits per heavy atom. The Balaban J connectivity index is 2.71. The summed E-state index contributed by atoms with van der Waals surface area (Å²) in [4.78, 5) is 39.5. The topological polar surface area (TPSA) is 109 Å². The molecule has 7 nitrogen and oxygen atoms in total. The Bertz CT molecular complexity index is 704. The van der Waals surface area contributed by atoms with E-state index < -0.39 is 23.3 Å². The number of rotatable bonds is 2. The van der Waals surface area contributed by atoms with Crippen molar-refractivity contribution >= 4 is 22.8 Å². The molecule has 0 spiro atoms. The number of hydrogen-bond donors (Lipinski definition) is 2. The molecule has 1 aromatic heterocycles. The van der Waals surface area contributed by atoms with Crippen molar-refractivity contribution < 1.29 is 19.4 Å². The highest BCUT2D eigenvalue weighted by atomic mass is 16.5. The fourth-order valence-electron chi connectivity index (χ4n) is 1.49. The van der Waals surface area contributed by atoms with Crippen LogP contribution in [0.4, 0.5) is 0 Å². The fourth-order valence-corrected chi connectivity index (χ4v) is 1.49. The quantitative estimate of drug-likeness (QED) is 0.745. The van der Waals surface area contributed by atoms with E-state index in [9.17, 15) is 14.4 Å². The second-order valence-electron chi connectivity index (χ2n) is 3.44. The highest BCUT2D eigenvalue weighted by Gasteiger charge is 2.12. The normalized spacial score (nSPS) is 10.3. The van der Waals surface area contributed by atoms with Crippen molar-refractivity contribution in [2.24, 2.45) is 0 Å². The minimum absolute atomic E-state index is 0.124. The molecule has 0 aliphatic carbocycles. The van der Waals surface area contributed by atoms with Crippen molar-refractivity contribution in [1.29, 1.82) is 0 Å². The maximum absolute atomic E-state index is 11.6. The maximum Gasteiger partial charge on any atom is 0.372 e. The van der Waals surface area contributed by atoms with Gasteiger partial charge in [0.2, 0.25) is 5.82 Å². The Labute approximate surface area is 100 Å². The first-order valence-corrected chi connectivity index (χ1v) is 4.88. The van der Waals surface area contributed by atoms with Crippen LogP contribution >= 0.6 is 0 Å². The zero-order valence-electron chi connectivity index (χ0n) is 9.26. The summed E-state index contributed by atoms with van der Waals surface area (Å²) >= 11 is 0. The van der Waals surface area contributed by atoms with Crippen molar-refractivity contribution in [3.05, 3.63) is 39.9 Å². The highest BCUT2D eigenvalue weighted by molar-refractivity contribution is 5.94. The lowest BCUT2D eigenvalue weighted by Crippen LogP contribution is -2.16. The number of aromatic nitrogens is 2. The van der Waals surface area contributed by atoms with Crippen LogP contribution in [0.5, 0.6) is 0 Å². The average Bonchev–Trinajstić information content (AvgIpc) is 2.36. The smallest absolute Gasteiger partial charge is 0.372 e. The number of carbonyl (C=O) groups is 2. The molecule has 0 aliphatic heterocycles. The summed E-state index contributed by atoms with van der Waals surface area (Å²) in [7, 11) is 1.22. The van der Waals surface area contributed by atoms with E-state index in [2.05, 4.69) is 14.7 Å². The molecule has 1 heterocycles. The third kappa shape index (κ3) is 1.93. The molecule has 2 aromatic rings. The minimum atomic E-state index is -1.35. The number of H-pyrrole nitrogens is 1. The molecule has 1 aromatic carbocycles. The van der Waals surface area contributed by atoms with E-state index in [-0.39, 0.29) is 16.5 Å². The van der Waals surface area contributed by atoms with Crippen molar-refractivity contribution in [2.45, 2.75) is 0 Å². The van der Waals surface area contributed by atoms with Crippen LogP contribution in [0.25, 0.3) is 10.9 Å². The van der Waals surface area contributed by atoms with Gasteiger partial charge in [0, 0.05) is 0 Å². The molecule has 2 N–H and O–H groups in total. The van der Waals surface area contributed by atoms with E-state index in [0.29, 0.717) is 0 Å². The molecule has 0 unspecified atom stereocenters. The molecule has 2 rings (SSSR count). The molecule has 0 saturated carbocycles. The number of carbonyl (C=O) groups excluding carboxylic acids is 1. The van der Waals surface area contributed by atoms with Gasteiger partial charge in [0.1, 0.15) is 0 Å². The Morgan fingerprint density at radius 2 is 2.11 bits per heavy atom. The summed E-state index contributed by atoms with van der Waals surface area (Å²) < 4.78 is 4.52. The molecule has 0 bridgehead atoms. The zero-order valence-corrected chi connectivity index (χ0v) is 9.26. The number of nitrogens with zero attached hydrogens (tertiary/aromatic N) is 1. The Kier molecular flexibility index (Phi) is 2.80. The van der Waals surface area contributed by atoms with Crippen LogP contribution in [-0.2, 0) is 4.74 Å². The number of methoxy groups -OCH3 is 1. The van der Waals surface area contributed by atoms with Gasteiger partial charge in [-0.25, -0.2) is 14.6 Å². The molecule has 0 aliphatic rings. The maximum atomic E-state index is 11.6. The van der Waals surface area contributed by atoms with Gasteiger partial charge in [0.05, 0.1) is 23.6 Å². The molecule has 0 amide bonds. The molecule has 0 atom stereocenters. The highest BCUT2D eigenvalue weighted by Crippen LogP contribution is 2.11. The Hall–Kier alpha value is -2.70. The molecule has 0 fully saturated rings. The van der Waals surface area contributed by atoms with Gasteiger partial charge in [-0.05, 0) is 18.2 Å². The SMILES string of the molecule is COC(=O)c1ccc2c(=O)[nH]c(C(=O)O)nc2c1. The van der Waals surface area contributed by atoms with Crippen molar-refractivity contribution in [3.8, 4) is 0 Å². The van der Waals surface area contributed by atoms with Crippen LogP contribution < -0.4 is 5.56 Å². The molecular weight excluding hydrogens is 240 g/mol. The van der Waals surface area contributed by atoms with Crippen LogP contribution in [0.3, 0.4) is 0 Å². The number of ether oxygens (including phenoxy) is 1. The van der Waals surface area contributed by atoms with Crippen LogP contribution in [0.15, 0.2) is 23.0 Å². The van der Waals surface area contributed by atoms with Crippen molar-refractivity contribution in [3.63, 3.8) is 0 Å². The van der Waals surface area contributed by atoms with Crippen molar-refractivity contribution in [2.75, 3.05) is 7.11 Å². The van der Waals surface area contributed by atoms with E-state index in [0.717, 1.165) is 0 Å². The van der Waals surface area contributed by atoms with Gasteiger partial charge in [0.25, 0.3) is 5.56 Å². The average molecular weight is 248 g/mol. The van der Waals surface area contributed by atoms with E-state index >= 15 is 0 Å². The standard InChI is InChI=1S/C11H8N2O5/c1-18-11(17)5-2-3-6-7(4-5)12-8(10(15)16)13-9(6)14/h2-4H,1H3,(H,15,16)(H,12,13,14). The lowest BCUT2D eigenvalue weighted by molar-refractivity contribution is 0.0600. The monoisotopic (exact) mass is 248 g/mol. The van der Waals surface area contributed by atoms with Gasteiger partial charge in [-0.2, -0.15) is 0 Å². The molecule has 0 saturated heterocycles. The fraction of sp³-hybridized carbons (Fsp3) is 0.0909. The van der Waals surface area contributed by atoms with Gasteiger partial charge in [-0.3, -0.25) is 4.79 Å². The van der Waals surface area contributed by atoms with Crippen molar-refractivity contribution in [1.82, 2.24) is 9.97 Å². The van der Waals surface area contributed by atoms with Crippen LogP contribution in [0.1, 0.15) is 21.0 Å². The number of nitrogens with one attached hydrogen (secondary N) is 1. The largest absolute Gasteiger partial charge is 0.475 e. The lowest BCUT2D eigenvalue weighted by Gasteiger charge is -2.02. The number of carboxylic acid groups (broad SMARTS) is 1. The minimum Gasteiger partial charge on any atom is -0.475 e. The summed E-state index contributed by atoms with van der Waals surface area (Å²) in [5, 5.41) is 8.97. The van der Waals surface area contributed by atoms with Gasteiger partial charge in [-0.1, -0.05) is 0 Å². The zero-order chi connectivity index (χ0) is 13.3. The van der Waals surface area contributed by atoms with Gasteiger partial charge in [-0.15, -0.1) is 0 Å². The second kappa shape index (κ2) is 4.28. The number of benzene rings is 1.